The Morgan fingerprint density at radius 2 is 2.00 bits per heavy atom. The number of hydrogen-bond donors (Lipinski definition) is 0. The summed E-state index contributed by atoms with van der Waals surface area (Å²) in [6.07, 6.45) is 2.47. The number of benzene rings is 2. The number of carbonyl (C=O) groups is 1. The van der Waals surface area contributed by atoms with Crippen molar-refractivity contribution in [2.75, 3.05) is 12.4 Å². The van der Waals surface area contributed by atoms with Gasteiger partial charge in [-0.25, -0.2) is 0 Å². The number of halogens is 1. The van der Waals surface area contributed by atoms with Crippen molar-refractivity contribution in [3.63, 3.8) is 0 Å². The molecule has 0 fully saturated rings. The number of ether oxygens (including phenoxy) is 1. The fourth-order valence-electron chi connectivity index (χ4n) is 3.48. The van der Waals surface area contributed by atoms with Gasteiger partial charge in [0.15, 0.2) is 16.8 Å². The van der Waals surface area contributed by atoms with Crippen molar-refractivity contribution in [1.82, 2.24) is 14.8 Å². The molecule has 6 nitrogen and oxygen atoms in total. The summed E-state index contributed by atoms with van der Waals surface area (Å²) in [6.45, 7) is 1.13. The molecular formula is C23H18ClN3O3S. The van der Waals surface area contributed by atoms with Gasteiger partial charge in [-0.2, -0.15) is 0 Å². The van der Waals surface area contributed by atoms with E-state index in [2.05, 4.69) is 10.2 Å². The third-order valence-electron chi connectivity index (χ3n) is 5.06. The topological polar surface area (TPSA) is 70.2 Å². The minimum Gasteiger partial charge on any atom is -0.493 e. The van der Waals surface area contributed by atoms with E-state index >= 15 is 0 Å². The second kappa shape index (κ2) is 8.61. The molecule has 1 aliphatic heterocycles. The molecule has 0 radical (unpaired) electrons. The lowest BCUT2D eigenvalue weighted by Crippen LogP contribution is -2.07. The van der Waals surface area contributed by atoms with Gasteiger partial charge in [0.2, 0.25) is 0 Å². The molecule has 0 spiro atoms. The fraction of sp³-hybridized carbons (Fsp3) is 0.174. The maximum Gasteiger partial charge on any atom is 0.192 e. The molecule has 31 heavy (non-hydrogen) atoms. The van der Waals surface area contributed by atoms with Gasteiger partial charge in [0.25, 0.3) is 0 Å². The van der Waals surface area contributed by atoms with Gasteiger partial charge >= 0.3 is 0 Å². The third-order valence-corrected chi connectivity index (χ3v) is 6.28. The zero-order chi connectivity index (χ0) is 21.2. The SMILES string of the molecule is O=C(CSc1nnc(-c2ccc(Cl)cc2)n1Cc1ccco1)c1ccc2c(c1)CCO2. The highest BCUT2D eigenvalue weighted by Gasteiger charge is 2.19. The van der Waals surface area contributed by atoms with Crippen LogP contribution in [-0.4, -0.2) is 32.9 Å². The van der Waals surface area contributed by atoms with E-state index in [4.69, 9.17) is 20.8 Å². The first-order valence-electron chi connectivity index (χ1n) is 9.80. The number of nitrogens with zero attached hydrogens (tertiary/aromatic N) is 3. The molecule has 0 unspecified atom stereocenters. The monoisotopic (exact) mass is 451 g/mol. The van der Waals surface area contributed by atoms with Crippen molar-refractivity contribution >= 4 is 29.1 Å². The lowest BCUT2D eigenvalue weighted by molar-refractivity contribution is 0.102. The summed E-state index contributed by atoms with van der Waals surface area (Å²) in [5.41, 5.74) is 2.66. The minimum absolute atomic E-state index is 0.0419. The van der Waals surface area contributed by atoms with Gasteiger partial charge in [0.1, 0.15) is 11.5 Å². The summed E-state index contributed by atoms with van der Waals surface area (Å²) in [7, 11) is 0. The zero-order valence-electron chi connectivity index (χ0n) is 16.5. The zero-order valence-corrected chi connectivity index (χ0v) is 18.0. The van der Waals surface area contributed by atoms with Crippen molar-refractivity contribution in [3.8, 4) is 17.1 Å². The summed E-state index contributed by atoms with van der Waals surface area (Å²) in [5.74, 6) is 2.64. The number of rotatable bonds is 7. The molecule has 2 aromatic heterocycles. The quantitative estimate of drug-likeness (QED) is 0.286. The highest BCUT2D eigenvalue weighted by Crippen LogP contribution is 2.29. The van der Waals surface area contributed by atoms with Crippen LogP contribution in [0, 0.1) is 0 Å². The molecule has 0 amide bonds. The average Bonchev–Trinajstić information content (AvgIpc) is 3.54. The highest BCUT2D eigenvalue weighted by atomic mass is 35.5. The summed E-state index contributed by atoms with van der Waals surface area (Å²) in [4.78, 5) is 12.8. The van der Waals surface area contributed by atoms with E-state index in [0.29, 0.717) is 34.7 Å². The smallest absolute Gasteiger partial charge is 0.192 e. The highest BCUT2D eigenvalue weighted by molar-refractivity contribution is 7.99. The largest absolute Gasteiger partial charge is 0.493 e. The Morgan fingerprint density at radius 3 is 2.81 bits per heavy atom. The van der Waals surface area contributed by atoms with Gasteiger partial charge in [-0.1, -0.05) is 23.4 Å². The summed E-state index contributed by atoms with van der Waals surface area (Å²) < 4.78 is 13.0. The number of thioether (sulfide) groups is 1. The Kier molecular flexibility index (Phi) is 5.53. The lowest BCUT2D eigenvalue weighted by Gasteiger charge is -2.09. The van der Waals surface area contributed by atoms with E-state index in [-0.39, 0.29) is 11.5 Å². The summed E-state index contributed by atoms with van der Waals surface area (Å²) in [5, 5.41) is 10.0. The van der Waals surface area contributed by atoms with Gasteiger partial charge in [0, 0.05) is 22.6 Å². The Labute approximate surface area is 188 Å². The van der Waals surface area contributed by atoms with Crippen LogP contribution >= 0.6 is 23.4 Å². The molecule has 0 bridgehead atoms. The van der Waals surface area contributed by atoms with Crippen molar-refractivity contribution in [2.45, 2.75) is 18.1 Å². The number of carbonyl (C=O) groups excluding carboxylic acids is 1. The van der Waals surface area contributed by atoms with Crippen LogP contribution in [-0.2, 0) is 13.0 Å². The maximum atomic E-state index is 12.8. The summed E-state index contributed by atoms with van der Waals surface area (Å²) in [6, 6.07) is 16.8. The van der Waals surface area contributed by atoms with Gasteiger partial charge < -0.3 is 9.15 Å². The Hall–Kier alpha value is -3.03. The summed E-state index contributed by atoms with van der Waals surface area (Å²) >= 11 is 7.39. The number of aromatic nitrogens is 3. The second-order valence-electron chi connectivity index (χ2n) is 7.11. The van der Waals surface area contributed by atoms with E-state index in [9.17, 15) is 4.79 Å². The first-order chi connectivity index (χ1) is 15.2. The average molecular weight is 452 g/mol. The van der Waals surface area contributed by atoms with Crippen LogP contribution in [0.5, 0.6) is 5.75 Å². The van der Waals surface area contributed by atoms with Crippen LogP contribution in [0.4, 0.5) is 0 Å². The van der Waals surface area contributed by atoms with Crippen LogP contribution in [0.1, 0.15) is 21.7 Å². The van der Waals surface area contributed by atoms with E-state index in [0.717, 1.165) is 29.1 Å². The number of Topliss-reactive ketones (excluding diaryl/α,β-unsaturated/α-hetero) is 1. The van der Waals surface area contributed by atoms with Crippen LogP contribution < -0.4 is 4.74 Å². The van der Waals surface area contributed by atoms with Gasteiger partial charge in [-0.3, -0.25) is 9.36 Å². The first-order valence-corrected chi connectivity index (χ1v) is 11.2. The van der Waals surface area contributed by atoms with Gasteiger partial charge in [-0.15, -0.1) is 10.2 Å². The fourth-order valence-corrected chi connectivity index (χ4v) is 4.44. The van der Waals surface area contributed by atoms with Crippen molar-refractivity contribution < 1.29 is 13.9 Å². The Morgan fingerprint density at radius 1 is 1.13 bits per heavy atom. The van der Waals surface area contributed by atoms with Gasteiger partial charge in [-0.05, 0) is 60.2 Å². The van der Waals surface area contributed by atoms with E-state index in [1.54, 1.807) is 6.26 Å². The molecule has 4 aromatic rings. The minimum atomic E-state index is 0.0419. The molecule has 2 aromatic carbocycles. The molecule has 5 rings (SSSR count). The molecule has 0 saturated carbocycles. The molecule has 8 heteroatoms. The normalized spacial score (nSPS) is 12.5. The Balaban J connectivity index is 1.39. The van der Waals surface area contributed by atoms with E-state index < -0.39 is 0 Å². The second-order valence-corrected chi connectivity index (χ2v) is 8.49. The van der Waals surface area contributed by atoms with Crippen LogP contribution in [0.25, 0.3) is 11.4 Å². The molecule has 0 N–H and O–H groups in total. The molecule has 3 heterocycles. The van der Waals surface area contributed by atoms with Crippen LogP contribution in [0.3, 0.4) is 0 Å². The molecular weight excluding hydrogens is 434 g/mol. The first kappa shape index (κ1) is 19.9. The van der Waals surface area contributed by atoms with Crippen LogP contribution in [0.15, 0.2) is 70.4 Å². The van der Waals surface area contributed by atoms with E-state index in [1.807, 2.05) is 59.2 Å². The number of fused-ring (bicyclic) bond motifs is 1. The standard InChI is InChI=1S/C23H18ClN3O3S/c24-18-6-3-15(4-7-18)22-25-26-23(27(22)13-19-2-1-10-29-19)31-14-20(28)16-5-8-21-17(12-16)9-11-30-21/h1-8,10,12H,9,11,13-14H2. The van der Waals surface area contributed by atoms with Crippen molar-refractivity contribution in [1.29, 1.82) is 0 Å². The van der Waals surface area contributed by atoms with Crippen molar-refractivity contribution in [2.24, 2.45) is 0 Å². The third kappa shape index (κ3) is 4.24. The van der Waals surface area contributed by atoms with Crippen LogP contribution in [0.2, 0.25) is 5.02 Å². The number of hydrogen-bond acceptors (Lipinski definition) is 6. The maximum absolute atomic E-state index is 12.8. The molecule has 0 aliphatic carbocycles. The van der Waals surface area contributed by atoms with E-state index in [1.165, 1.54) is 11.8 Å². The molecule has 1 aliphatic rings. The number of furan rings is 1. The molecule has 156 valence electrons. The number of ketones is 1. The molecule has 0 saturated heterocycles. The van der Waals surface area contributed by atoms with Crippen molar-refractivity contribution in [3.05, 3.63) is 82.8 Å². The van der Waals surface area contributed by atoms with Gasteiger partial charge in [0.05, 0.1) is 25.2 Å². The Bertz CT molecular complexity index is 1220. The predicted octanol–water partition coefficient (Wildman–Crippen LogP) is 5.15. The lowest BCUT2D eigenvalue weighted by atomic mass is 10.1. The molecule has 0 atom stereocenters. The predicted molar refractivity (Wildman–Crippen MR) is 119 cm³/mol.